The largest absolute Gasteiger partial charge is 0.390 e. The number of aliphatic hydroxyl groups is 2. The highest BCUT2D eigenvalue weighted by Crippen LogP contribution is 2.35. The fraction of sp³-hybridized carbons (Fsp3) is 0.750. The van der Waals surface area contributed by atoms with Crippen LogP contribution in [0.25, 0.3) is 0 Å². The zero-order chi connectivity index (χ0) is 29.9. The lowest BCUT2D eigenvalue weighted by Crippen LogP contribution is -2.53. The van der Waals surface area contributed by atoms with Gasteiger partial charge in [-0.15, -0.1) is 0 Å². The number of aliphatic hydroxyl groups excluding tert-OH is 2. The number of hydrogen-bond donors (Lipinski definition) is 2. The third-order valence-corrected chi connectivity index (χ3v) is 8.50. The number of nitrogens with zero attached hydrogens (tertiary/aromatic N) is 4. The standard InChI is InChI=1S/C32H52N4O5/c1-23(2)17-28(37)32(41)27(18-24-9-6-5-7-10-24)36(21-25-12-13-25)30(39)15-14-29(38)35(22-31(40)34(3)4)20-26-11-8-16-33-19-26/h8,11,16,19,23-25,27-28,32,37,41H,5-7,9-10,12-15,17-18,20-22H2,1-4H3/t27-,28-,32+/m0/s1. The maximum absolute atomic E-state index is 13.8. The number of pyridine rings is 1. The summed E-state index contributed by atoms with van der Waals surface area (Å²) in [4.78, 5) is 48.6. The zero-order valence-corrected chi connectivity index (χ0v) is 25.6. The molecule has 0 unspecified atom stereocenters. The molecule has 0 spiro atoms. The fourth-order valence-electron chi connectivity index (χ4n) is 5.86. The van der Waals surface area contributed by atoms with Gasteiger partial charge in [-0.2, -0.15) is 0 Å². The van der Waals surface area contributed by atoms with E-state index in [1.165, 1.54) is 16.2 Å². The van der Waals surface area contributed by atoms with Crippen LogP contribution in [0, 0.1) is 17.8 Å². The van der Waals surface area contributed by atoms with E-state index < -0.39 is 18.2 Å². The van der Waals surface area contributed by atoms with E-state index in [4.69, 9.17) is 0 Å². The van der Waals surface area contributed by atoms with Gasteiger partial charge >= 0.3 is 0 Å². The summed E-state index contributed by atoms with van der Waals surface area (Å²) in [6.07, 6.45) is 10.3. The van der Waals surface area contributed by atoms with Crippen LogP contribution in [0.4, 0.5) is 0 Å². The molecule has 1 aromatic heterocycles. The van der Waals surface area contributed by atoms with Crippen molar-refractivity contribution in [1.29, 1.82) is 0 Å². The van der Waals surface area contributed by atoms with E-state index in [9.17, 15) is 24.6 Å². The van der Waals surface area contributed by atoms with Crippen molar-refractivity contribution in [1.82, 2.24) is 19.7 Å². The molecular formula is C32H52N4O5. The van der Waals surface area contributed by atoms with E-state index >= 15 is 0 Å². The van der Waals surface area contributed by atoms with Gasteiger partial charge in [-0.1, -0.05) is 52.0 Å². The molecule has 2 N–H and O–H groups in total. The monoisotopic (exact) mass is 572 g/mol. The number of aromatic nitrogens is 1. The van der Waals surface area contributed by atoms with E-state index in [0.717, 1.165) is 44.1 Å². The molecule has 3 atom stereocenters. The number of amides is 3. The highest BCUT2D eigenvalue weighted by molar-refractivity contribution is 5.87. The number of carbonyl (C=O) groups excluding carboxylic acids is 3. The summed E-state index contributed by atoms with van der Waals surface area (Å²) in [6, 6.07) is 3.17. The smallest absolute Gasteiger partial charge is 0.241 e. The van der Waals surface area contributed by atoms with Crippen LogP contribution in [0.5, 0.6) is 0 Å². The molecule has 0 radical (unpaired) electrons. The minimum Gasteiger partial charge on any atom is -0.390 e. The van der Waals surface area contributed by atoms with Crippen LogP contribution in [0.1, 0.15) is 90.0 Å². The second kappa shape index (κ2) is 16.2. The lowest BCUT2D eigenvalue weighted by atomic mass is 9.81. The topological polar surface area (TPSA) is 114 Å². The van der Waals surface area contributed by atoms with Gasteiger partial charge in [0.25, 0.3) is 0 Å². The molecule has 1 heterocycles. The van der Waals surface area contributed by atoms with Gasteiger partial charge in [0.15, 0.2) is 0 Å². The Kier molecular flexibility index (Phi) is 13.0. The normalized spacial score (nSPS) is 18.0. The molecule has 2 aliphatic carbocycles. The van der Waals surface area contributed by atoms with E-state index in [1.54, 1.807) is 37.5 Å². The molecule has 2 fully saturated rings. The van der Waals surface area contributed by atoms with E-state index in [-0.39, 0.29) is 49.6 Å². The molecule has 0 aromatic carbocycles. The summed E-state index contributed by atoms with van der Waals surface area (Å²) in [7, 11) is 3.31. The van der Waals surface area contributed by atoms with Gasteiger partial charge in [0.2, 0.25) is 17.7 Å². The van der Waals surface area contributed by atoms with E-state index in [0.29, 0.717) is 31.2 Å². The van der Waals surface area contributed by atoms with Gasteiger partial charge in [-0.25, -0.2) is 0 Å². The SMILES string of the molecule is CC(C)C[C@H](O)[C@H](O)[C@H](CC1CCCCC1)N(CC1CC1)C(=O)CCC(=O)N(CC(=O)N(C)C)Cc1cccnc1. The summed E-state index contributed by atoms with van der Waals surface area (Å²) in [5, 5.41) is 22.4. The maximum Gasteiger partial charge on any atom is 0.241 e. The summed E-state index contributed by atoms with van der Waals surface area (Å²) in [5.74, 6) is 0.403. The van der Waals surface area contributed by atoms with Gasteiger partial charge in [-0.3, -0.25) is 19.4 Å². The molecule has 1 aromatic rings. The summed E-state index contributed by atoms with van der Waals surface area (Å²) in [5.41, 5.74) is 0.809. The van der Waals surface area contributed by atoms with Gasteiger partial charge in [0.1, 0.15) is 12.6 Å². The first kappa shape index (κ1) is 33.0. The Labute approximate surface area is 246 Å². The number of rotatable bonds is 16. The molecule has 9 nitrogen and oxygen atoms in total. The van der Waals surface area contributed by atoms with Crippen molar-refractivity contribution in [2.24, 2.45) is 17.8 Å². The van der Waals surface area contributed by atoms with Crippen molar-refractivity contribution >= 4 is 17.7 Å². The van der Waals surface area contributed by atoms with Crippen LogP contribution < -0.4 is 0 Å². The number of likely N-dealkylation sites (N-methyl/N-ethyl adjacent to an activating group) is 1. The summed E-state index contributed by atoms with van der Waals surface area (Å²) in [6.45, 7) is 4.74. The molecule has 3 rings (SSSR count). The Bertz CT molecular complexity index is 962. The van der Waals surface area contributed by atoms with Gasteiger partial charge in [0, 0.05) is 52.4 Å². The average molecular weight is 573 g/mol. The first-order valence-electron chi connectivity index (χ1n) is 15.6. The molecule has 3 amide bonds. The highest BCUT2D eigenvalue weighted by atomic mass is 16.3. The van der Waals surface area contributed by atoms with Gasteiger partial charge in [-0.05, 0) is 55.1 Å². The Balaban J connectivity index is 1.75. The first-order chi connectivity index (χ1) is 19.5. The number of hydrogen-bond acceptors (Lipinski definition) is 6. The number of carbonyl (C=O) groups is 3. The molecule has 41 heavy (non-hydrogen) atoms. The molecule has 0 saturated heterocycles. The zero-order valence-electron chi connectivity index (χ0n) is 25.6. The van der Waals surface area contributed by atoms with Crippen LogP contribution >= 0.6 is 0 Å². The maximum atomic E-state index is 13.8. The van der Waals surface area contributed by atoms with Crippen molar-refractivity contribution in [3.63, 3.8) is 0 Å². The van der Waals surface area contributed by atoms with Crippen LogP contribution in [0.15, 0.2) is 24.5 Å². The van der Waals surface area contributed by atoms with Crippen LogP contribution in [0.2, 0.25) is 0 Å². The predicted octanol–water partition coefficient (Wildman–Crippen LogP) is 3.62. The Morgan fingerprint density at radius 1 is 0.951 bits per heavy atom. The Morgan fingerprint density at radius 2 is 1.63 bits per heavy atom. The van der Waals surface area contributed by atoms with Gasteiger partial charge < -0.3 is 24.9 Å². The summed E-state index contributed by atoms with van der Waals surface area (Å²) >= 11 is 0. The molecule has 9 heteroatoms. The molecule has 0 bridgehead atoms. The Hall–Kier alpha value is -2.52. The van der Waals surface area contributed by atoms with Crippen molar-refractivity contribution in [3.8, 4) is 0 Å². The Morgan fingerprint density at radius 3 is 2.22 bits per heavy atom. The van der Waals surface area contributed by atoms with Crippen LogP contribution in [0.3, 0.4) is 0 Å². The second-order valence-corrected chi connectivity index (χ2v) is 12.9. The minimum absolute atomic E-state index is 0.000585. The van der Waals surface area contributed by atoms with Crippen molar-refractivity contribution in [3.05, 3.63) is 30.1 Å². The third kappa shape index (κ3) is 11.0. The molecule has 2 saturated carbocycles. The fourth-order valence-corrected chi connectivity index (χ4v) is 5.86. The molecule has 0 aliphatic heterocycles. The minimum atomic E-state index is -1.03. The van der Waals surface area contributed by atoms with E-state index in [2.05, 4.69) is 4.98 Å². The van der Waals surface area contributed by atoms with Gasteiger partial charge in [0.05, 0.1) is 12.1 Å². The third-order valence-electron chi connectivity index (χ3n) is 8.50. The lowest BCUT2D eigenvalue weighted by molar-refractivity contribution is -0.144. The molecule has 230 valence electrons. The average Bonchev–Trinajstić information content (AvgIpc) is 3.77. The summed E-state index contributed by atoms with van der Waals surface area (Å²) < 4.78 is 0. The molecular weight excluding hydrogens is 520 g/mol. The molecule has 2 aliphatic rings. The highest BCUT2D eigenvalue weighted by Gasteiger charge is 2.38. The van der Waals surface area contributed by atoms with Crippen LogP contribution in [-0.4, -0.2) is 93.1 Å². The van der Waals surface area contributed by atoms with Crippen molar-refractivity contribution in [2.45, 2.75) is 109 Å². The van der Waals surface area contributed by atoms with E-state index in [1.807, 2.05) is 19.9 Å². The van der Waals surface area contributed by atoms with Crippen molar-refractivity contribution in [2.75, 3.05) is 27.2 Å². The first-order valence-corrected chi connectivity index (χ1v) is 15.6. The quantitative estimate of drug-likeness (QED) is 0.313. The predicted molar refractivity (Wildman–Crippen MR) is 158 cm³/mol. The second-order valence-electron chi connectivity index (χ2n) is 12.9. The van der Waals surface area contributed by atoms with Crippen LogP contribution in [-0.2, 0) is 20.9 Å². The van der Waals surface area contributed by atoms with Crippen molar-refractivity contribution < 1.29 is 24.6 Å². The lowest BCUT2D eigenvalue weighted by Gasteiger charge is -2.40.